The van der Waals surface area contributed by atoms with Gasteiger partial charge in [0.05, 0.1) is 22.1 Å². The Morgan fingerprint density at radius 1 is 0.346 bits per heavy atom. The summed E-state index contributed by atoms with van der Waals surface area (Å²) in [5, 5.41) is 9.86. The van der Waals surface area contributed by atoms with Gasteiger partial charge in [0.2, 0.25) is 0 Å². The highest BCUT2D eigenvalue weighted by molar-refractivity contribution is 6.19. The Labute approximate surface area is 299 Å². The van der Waals surface area contributed by atoms with Crippen LogP contribution in [-0.4, -0.2) is 14.1 Å². The van der Waals surface area contributed by atoms with Crippen molar-refractivity contribution in [3.8, 4) is 44.9 Å². The van der Waals surface area contributed by atoms with Crippen LogP contribution < -0.4 is 0 Å². The first-order valence-corrected chi connectivity index (χ1v) is 17.9. The van der Waals surface area contributed by atoms with E-state index in [1.165, 1.54) is 93.2 Å². The summed E-state index contributed by atoms with van der Waals surface area (Å²) >= 11 is 0. The molecular weight excluding hydrogens is 631 g/mol. The van der Waals surface area contributed by atoms with Gasteiger partial charge in [0.25, 0.3) is 0 Å². The molecule has 3 aromatic heterocycles. The summed E-state index contributed by atoms with van der Waals surface area (Å²) < 4.78 is 4.77. The zero-order valence-corrected chi connectivity index (χ0v) is 28.1. The van der Waals surface area contributed by atoms with E-state index in [1.807, 2.05) is 0 Å². The monoisotopic (exact) mass is 659 g/mol. The van der Waals surface area contributed by atoms with E-state index in [9.17, 15) is 0 Å². The van der Waals surface area contributed by atoms with Crippen molar-refractivity contribution in [2.24, 2.45) is 0 Å². The summed E-state index contributed by atoms with van der Waals surface area (Å²) in [6.07, 6.45) is 2.08. The zero-order valence-electron chi connectivity index (χ0n) is 28.1. The van der Waals surface area contributed by atoms with E-state index in [4.69, 9.17) is 4.98 Å². The molecular formula is C49H29N3. The predicted molar refractivity (Wildman–Crippen MR) is 218 cm³/mol. The second kappa shape index (κ2) is 10.3. The van der Waals surface area contributed by atoms with Crippen molar-refractivity contribution < 1.29 is 0 Å². The number of aromatic nitrogens is 3. The molecule has 8 aromatic carbocycles. The molecule has 11 aromatic rings. The zero-order chi connectivity index (χ0) is 33.9. The lowest BCUT2D eigenvalue weighted by Gasteiger charge is -2.12. The summed E-state index contributed by atoms with van der Waals surface area (Å²) in [6.45, 7) is 0. The van der Waals surface area contributed by atoms with Crippen molar-refractivity contribution in [3.63, 3.8) is 0 Å². The third-order valence-corrected chi connectivity index (χ3v) is 11.3. The lowest BCUT2D eigenvalue weighted by atomic mass is 10.00. The fourth-order valence-corrected chi connectivity index (χ4v) is 8.97. The lowest BCUT2D eigenvalue weighted by molar-refractivity contribution is 1.10. The Bertz CT molecular complexity index is 3260. The fourth-order valence-electron chi connectivity index (χ4n) is 8.97. The first kappa shape index (κ1) is 27.8. The Hall–Kier alpha value is -6.97. The Balaban J connectivity index is 1.12. The lowest BCUT2D eigenvalue weighted by Crippen LogP contribution is -1.99. The van der Waals surface area contributed by atoms with Gasteiger partial charge in [-0.3, -0.25) is 4.57 Å². The third kappa shape index (κ3) is 3.72. The summed E-state index contributed by atoms with van der Waals surface area (Å²) in [5.41, 5.74) is 13.3. The molecule has 0 aliphatic heterocycles. The van der Waals surface area contributed by atoms with Gasteiger partial charge in [-0.1, -0.05) is 115 Å². The number of hydrogen-bond donors (Lipinski definition) is 0. The van der Waals surface area contributed by atoms with Gasteiger partial charge in [0.15, 0.2) is 0 Å². The number of hydrogen-bond acceptors (Lipinski definition) is 1. The number of fused-ring (bicyclic) bond motifs is 10. The van der Waals surface area contributed by atoms with Crippen molar-refractivity contribution in [1.82, 2.24) is 14.1 Å². The minimum absolute atomic E-state index is 0.964. The molecule has 12 rings (SSSR count). The Kier molecular flexibility index (Phi) is 5.50. The van der Waals surface area contributed by atoms with Gasteiger partial charge >= 0.3 is 0 Å². The van der Waals surface area contributed by atoms with Crippen molar-refractivity contribution >= 4 is 65.2 Å². The molecule has 1 aliphatic rings. The molecule has 240 valence electrons. The van der Waals surface area contributed by atoms with E-state index >= 15 is 0 Å². The van der Waals surface area contributed by atoms with Crippen LogP contribution in [-0.2, 0) is 0 Å². The largest absolute Gasteiger partial charge is 0.309 e. The molecule has 1 aliphatic carbocycles. The summed E-state index contributed by atoms with van der Waals surface area (Å²) in [7, 11) is 0. The number of pyridine rings is 1. The molecule has 0 saturated carbocycles. The normalized spacial score (nSPS) is 12.2. The van der Waals surface area contributed by atoms with Crippen LogP contribution in [0, 0.1) is 0 Å². The Morgan fingerprint density at radius 2 is 0.923 bits per heavy atom. The van der Waals surface area contributed by atoms with E-state index in [1.54, 1.807) is 0 Å². The number of nitrogens with zero attached hydrogens (tertiary/aromatic N) is 3. The molecule has 0 saturated heterocycles. The van der Waals surface area contributed by atoms with Gasteiger partial charge in [0, 0.05) is 49.8 Å². The van der Waals surface area contributed by atoms with Crippen LogP contribution in [0.3, 0.4) is 0 Å². The molecule has 0 unspecified atom stereocenters. The standard InChI is InChI=1S/C49H29N3/c1-2-13-34(14-3-1)51-44-20-9-8-17-37(44)40-26-32(21-23-45(40)51)33-22-24-46-41(27-33)42-25-30-11-4-5-12-31(30)28-47(42)52(46)49-39-19-10-18-38-35-15-6-7-16-36(35)43(29-50-49)48(38)39/h1-29H. The molecule has 52 heavy (non-hydrogen) atoms. The SMILES string of the molecule is c1ccc(-n2c3ccccc3c3cc(-c4ccc5c(c4)c4cc6ccccc6cc4n5-c4ncc5c6c(cccc46)-c4ccccc4-5)ccc32)cc1. The molecule has 0 spiro atoms. The molecule has 0 radical (unpaired) electrons. The van der Waals surface area contributed by atoms with Crippen LogP contribution in [0.4, 0.5) is 0 Å². The maximum absolute atomic E-state index is 5.26. The van der Waals surface area contributed by atoms with E-state index in [0.29, 0.717) is 0 Å². The summed E-state index contributed by atoms with van der Waals surface area (Å²) in [5.74, 6) is 0.964. The van der Waals surface area contributed by atoms with Crippen molar-refractivity contribution in [3.05, 3.63) is 176 Å². The van der Waals surface area contributed by atoms with Gasteiger partial charge in [-0.2, -0.15) is 0 Å². The molecule has 0 atom stereocenters. The molecule has 3 heterocycles. The van der Waals surface area contributed by atoms with Gasteiger partial charge < -0.3 is 4.57 Å². The van der Waals surface area contributed by atoms with Crippen LogP contribution >= 0.6 is 0 Å². The van der Waals surface area contributed by atoms with Gasteiger partial charge in [-0.25, -0.2) is 4.98 Å². The van der Waals surface area contributed by atoms with Crippen LogP contribution in [0.25, 0.3) is 110 Å². The van der Waals surface area contributed by atoms with Gasteiger partial charge in [0.1, 0.15) is 5.82 Å². The van der Waals surface area contributed by atoms with Crippen LogP contribution in [0.2, 0.25) is 0 Å². The van der Waals surface area contributed by atoms with E-state index in [2.05, 4.69) is 185 Å². The highest BCUT2D eigenvalue weighted by atomic mass is 15.1. The minimum atomic E-state index is 0.964. The molecule has 3 heteroatoms. The van der Waals surface area contributed by atoms with E-state index in [-0.39, 0.29) is 0 Å². The first-order chi connectivity index (χ1) is 25.8. The fraction of sp³-hybridized carbons (Fsp3) is 0. The summed E-state index contributed by atoms with van der Waals surface area (Å²) in [6, 6.07) is 62.0. The summed E-state index contributed by atoms with van der Waals surface area (Å²) in [4.78, 5) is 5.26. The van der Waals surface area contributed by atoms with Crippen LogP contribution in [0.1, 0.15) is 0 Å². The van der Waals surface area contributed by atoms with Crippen LogP contribution in [0.15, 0.2) is 176 Å². The smallest absolute Gasteiger partial charge is 0.145 e. The predicted octanol–water partition coefficient (Wildman–Crippen LogP) is 12.9. The molecule has 0 N–H and O–H groups in total. The first-order valence-electron chi connectivity index (χ1n) is 17.9. The Morgan fingerprint density at radius 3 is 1.73 bits per heavy atom. The molecule has 0 amide bonds. The van der Waals surface area contributed by atoms with Gasteiger partial charge in [-0.05, 0) is 93.2 Å². The molecule has 0 fully saturated rings. The maximum atomic E-state index is 5.26. The van der Waals surface area contributed by atoms with Crippen molar-refractivity contribution in [1.29, 1.82) is 0 Å². The van der Waals surface area contributed by atoms with E-state index < -0.39 is 0 Å². The van der Waals surface area contributed by atoms with Gasteiger partial charge in [-0.15, -0.1) is 0 Å². The number of benzene rings is 8. The highest BCUT2D eigenvalue weighted by Crippen LogP contribution is 2.48. The molecule has 0 bridgehead atoms. The van der Waals surface area contributed by atoms with Crippen molar-refractivity contribution in [2.45, 2.75) is 0 Å². The minimum Gasteiger partial charge on any atom is -0.309 e. The average molecular weight is 660 g/mol. The van der Waals surface area contributed by atoms with Crippen LogP contribution in [0.5, 0.6) is 0 Å². The highest BCUT2D eigenvalue weighted by Gasteiger charge is 2.25. The number of rotatable bonds is 3. The van der Waals surface area contributed by atoms with Crippen molar-refractivity contribution in [2.75, 3.05) is 0 Å². The average Bonchev–Trinajstić information content (AvgIpc) is 3.83. The maximum Gasteiger partial charge on any atom is 0.145 e. The molecule has 3 nitrogen and oxygen atoms in total. The second-order valence-electron chi connectivity index (χ2n) is 14.0. The second-order valence-corrected chi connectivity index (χ2v) is 14.0. The third-order valence-electron chi connectivity index (χ3n) is 11.3. The van der Waals surface area contributed by atoms with E-state index in [0.717, 1.165) is 16.9 Å². The number of para-hydroxylation sites is 2. The quantitative estimate of drug-likeness (QED) is 0.185. The topological polar surface area (TPSA) is 22.8 Å².